The summed E-state index contributed by atoms with van der Waals surface area (Å²) in [5.74, 6) is -2.17. The molecule has 1 N–H and O–H groups in total. The van der Waals surface area contributed by atoms with E-state index in [0.29, 0.717) is 6.54 Å². The summed E-state index contributed by atoms with van der Waals surface area (Å²) >= 11 is 0. The Bertz CT molecular complexity index is 518. The molecule has 0 aliphatic carbocycles. The second-order valence-electron chi connectivity index (χ2n) is 3.62. The van der Waals surface area contributed by atoms with Crippen molar-refractivity contribution in [3.63, 3.8) is 0 Å². The molecule has 0 bridgehead atoms. The Kier molecular flexibility index (Phi) is 3.25. The number of carbonyl (C=O) groups excluding carboxylic acids is 1. The Hall–Kier alpha value is -2.40. The molecule has 1 unspecified atom stereocenters. The SMILES string of the molecule is N#CC1CN(C(=O)c2cc(C(=O)O)on2)CCO1. The van der Waals surface area contributed by atoms with Gasteiger partial charge in [0.1, 0.15) is 0 Å². The van der Waals surface area contributed by atoms with Gasteiger partial charge in [0, 0.05) is 12.6 Å². The third-order valence-corrected chi connectivity index (χ3v) is 2.44. The van der Waals surface area contributed by atoms with E-state index >= 15 is 0 Å². The lowest BCUT2D eigenvalue weighted by Crippen LogP contribution is -2.45. The largest absolute Gasteiger partial charge is 0.475 e. The highest BCUT2D eigenvalue weighted by Gasteiger charge is 2.27. The fourth-order valence-corrected chi connectivity index (χ4v) is 1.55. The lowest BCUT2D eigenvalue weighted by Gasteiger charge is -2.28. The Morgan fingerprint density at radius 1 is 1.61 bits per heavy atom. The summed E-state index contributed by atoms with van der Waals surface area (Å²) in [4.78, 5) is 23.9. The van der Waals surface area contributed by atoms with E-state index in [4.69, 9.17) is 15.1 Å². The number of rotatable bonds is 2. The molecule has 8 heteroatoms. The van der Waals surface area contributed by atoms with Crippen LogP contribution in [0.2, 0.25) is 0 Å². The predicted octanol–water partition coefficient (Wildman–Crippen LogP) is -0.263. The highest BCUT2D eigenvalue weighted by Crippen LogP contribution is 2.11. The number of amides is 1. The minimum Gasteiger partial charge on any atom is -0.475 e. The predicted molar refractivity (Wildman–Crippen MR) is 54.7 cm³/mol. The molecule has 0 saturated carbocycles. The van der Waals surface area contributed by atoms with Crippen LogP contribution in [0.5, 0.6) is 0 Å². The second-order valence-corrected chi connectivity index (χ2v) is 3.62. The number of morpholine rings is 1. The highest BCUT2D eigenvalue weighted by molar-refractivity contribution is 5.94. The molecular weight excluding hydrogens is 242 g/mol. The van der Waals surface area contributed by atoms with Crippen LogP contribution in [0.4, 0.5) is 0 Å². The van der Waals surface area contributed by atoms with E-state index in [1.807, 2.05) is 6.07 Å². The molecule has 94 valence electrons. The smallest absolute Gasteiger partial charge is 0.374 e. The third kappa shape index (κ3) is 2.31. The first kappa shape index (κ1) is 12.1. The van der Waals surface area contributed by atoms with Crippen LogP contribution in [-0.2, 0) is 4.74 Å². The normalized spacial score (nSPS) is 19.3. The molecule has 0 aromatic carbocycles. The van der Waals surface area contributed by atoms with E-state index in [1.54, 1.807) is 0 Å². The molecule has 18 heavy (non-hydrogen) atoms. The quantitative estimate of drug-likeness (QED) is 0.769. The van der Waals surface area contributed by atoms with Gasteiger partial charge < -0.3 is 19.3 Å². The number of nitriles is 1. The van der Waals surface area contributed by atoms with E-state index in [0.717, 1.165) is 6.07 Å². The van der Waals surface area contributed by atoms with Gasteiger partial charge in [0.25, 0.3) is 5.91 Å². The summed E-state index contributed by atoms with van der Waals surface area (Å²) in [5, 5.41) is 20.8. The van der Waals surface area contributed by atoms with Crippen molar-refractivity contribution in [1.82, 2.24) is 10.1 Å². The standard InChI is InChI=1S/C10H9N3O5/c11-4-6-5-13(1-2-17-6)9(14)7-3-8(10(15)16)18-12-7/h3,6H,1-2,5H2,(H,15,16). The lowest BCUT2D eigenvalue weighted by molar-refractivity contribution is 0.00302. The summed E-state index contributed by atoms with van der Waals surface area (Å²) in [7, 11) is 0. The van der Waals surface area contributed by atoms with Crippen LogP contribution >= 0.6 is 0 Å². The van der Waals surface area contributed by atoms with Gasteiger partial charge in [0.05, 0.1) is 19.2 Å². The average Bonchev–Trinajstić information content (AvgIpc) is 2.87. The Morgan fingerprint density at radius 2 is 2.39 bits per heavy atom. The van der Waals surface area contributed by atoms with Crippen LogP contribution in [0.1, 0.15) is 21.0 Å². The zero-order chi connectivity index (χ0) is 13.1. The van der Waals surface area contributed by atoms with Crippen LogP contribution in [0.15, 0.2) is 10.6 Å². The van der Waals surface area contributed by atoms with Gasteiger partial charge in [-0.2, -0.15) is 5.26 Å². The van der Waals surface area contributed by atoms with Crippen LogP contribution in [0.25, 0.3) is 0 Å². The van der Waals surface area contributed by atoms with Gasteiger partial charge >= 0.3 is 5.97 Å². The first-order valence-corrected chi connectivity index (χ1v) is 5.12. The van der Waals surface area contributed by atoms with Gasteiger partial charge in [0.2, 0.25) is 5.76 Å². The molecule has 1 amide bonds. The highest BCUT2D eigenvalue weighted by atomic mass is 16.5. The first-order chi connectivity index (χ1) is 8.61. The Labute approximate surface area is 101 Å². The molecule has 1 aromatic heterocycles. The fraction of sp³-hybridized carbons (Fsp3) is 0.400. The monoisotopic (exact) mass is 251 g/mol. The van der Waals surface area contributed by atoms with Crippen molar-refractivity contribution >= 4 is 11.9 Å². The van der Waals surface area contributed by atoms with Gasteiger partial charge in [-0.05, 0) is 0 Å². The van der Waals surface area contributed by atoms with Crippen LogP contribution in [0.3, 0.4) is 0 Å². The number of carbonyl (C=O) groups is 2. The molecule has 1 fully saturated rings. The van der Waals surface area contributed by atoms with Crippen molar-refractivity contribution in [3.05, 3.63) is 17.5 Å². The summed E-state index contributed by atoms with van der Waals surface area (Å²) in [6, 6.07) is 2.97. The summed E-state index contributed by atoms with van der Waals surface area (Å²) in [5.41, 5.74) is -0.0917. The van der Waals surface area contributed by atoms with Gasteiger partial charge in [-0.15, -0.1) is 0 Å². The van der Waals surface area contributed by atoms with Gasteiger partial charge in [-0.1, -0.05) is 5.16 Å². The molecule has 1 saturated heterocycles. The maximum Gasteiger partial charge on any atom is 0.374 e. The Morgan fingerprint density at radius 3 is 3.00 bits per heavy atom. The van der Waals surface area contributed by atoms with Crippen molar-refractivity contribution < 1.29 is 24.0 Å². The number of hydrogen-bond donors (Lipinski definition) is 1. The summed E-state index contributed by atoms with van der Waals surface area (Å²) < 4.78 is 9.59. The van der Waals surface area contributed by atoms with E-state index in [9.17, 15) is 9.59 Å². The van der Waals surface area contributed by atoms with Crippen molar-refractivity contribution in [2.75, 3.05) is 19.7 Å². The zero-order valence-electron chi connectivity index (χ0n) is 9.20. The van der Waals surface area contributed by atoms with E-state index < -0.39 is 23.7 Å². The van der Waals surface area contributed by atoms with E-state index in [2.05, 4.69) is 9.68 Å². The molecule has 0 spiro atoms. The van der Waals surface area contributed by atoms with Gasteiger partial charge in [-0.25, -0.2) is 4.79 Å². The number of hydrogen-bond acceptors (Lipinski definition) is 6. The van der Waals surface area contributed by atoms with E-state index in [-0.39, 0.29) is 18.8 Å². The number of nitrogens with zero attached hydrogens (tertiary/aromatic N) is 3. The Balaban J connectivity index is 2.10. The van der Waals surface area contributed by atoms with Crippen molar-refractivity contribution in [2.24, 2.45) is 0 Å². The molecule has 1 aliphatic rings. The number of aromatic nitrogens is 1. The number of carboxylic acid groups (broad SMARTS) is 1. The molecular formula is C10H9N3O5. The van der Waals surface area contributed by atoms with Crippen LogP contribution in [0, 0.1) is 11.3 Å². The molecule has 2 heterocycles. The molecule has 1 aromatic rings. The van der Waals surface area contributed by atoms with Crippen molar-refractivity contribution in [3.8, 4) is 6.07 Å². The minimum absolute atomic E-state index is 0.0917. The van der Waals surface area contributed by atoms with Crippen LogP contribution < -0.4 is 0 Å². The molecule has 1 atom stereocenters. The lowest BCUT2D eigenvalue weighted by atomic mass is 10.2. The molecule has 2 rings (SSSR count). The molecule has 0 radical (unpaired) electrons. The van der Waals surface area contributed by atoms with Crippen molar-refractivity contribution in [2.45, 2.75) is 6.10 Å². The second kappa shape index (κ2) is 4.85. The topological polar surface area (TPSA) is 117 Å². The van der Waals surface area contributed by atoms with Crippen molar-refractivity contribution in [1.29, 1.82) is 5.26 Å². The van der Waals surface area contributed by atoms with E-state index in [1.165, 1.54) is 4.90 Å². The third-order valence-electron chi connectivity index (χ3n) is 2.44. The van der Waals surface area contributed by atoms with Gasteiger partial charge in [-0.3, -0.25) is 4.79 Å². The summed E-state index contributed by atoms with van der Waals surface area (Å²) in [6.45, 7) is 0.713. The summed E-state index contributed by atoms with van der Waals surface area (Å²) in [6.07, 6.45) is -0.673. The number of ether oxygens (including phenoxy) is 1. The zero-order valence-corrected chi connectivity index (χ0v) is 9.20. The number of carboxylic acids is 1. The fourth-order valence-electron chi connectivity index (χ4n) is 1.55. The molecule has 8 nitrogen and oxygen atoms in total. The van der Waals surface area contributed by atoms with Crippen LogP contribution in [-0.4, -0.2) is 52.8 Å². The number of aromatic carboxylic acids is 1. The van der Waals surface area contributed by atoms with Gasteiger partial charge in [0.15, 0.2) is 11.8 Å². The average molecular weight is 251 g/mol. The molecule has 1 aliphatic heterocycles. The minimum atomic E-state index is -1.29. The maximum atomic E-state index is 11.9. The maximum absolute atomic E-state index is 11.9. The first-order valence-electron chi connectivity index (χ1n) is 5.12.